The van der Waals surface area contributed by atoms with Crippen LogP contribution in [0.25, 0.3) is 0 Å². The molecule has 1 aliphatic rings. The Morgan fingerprint density at radius 2 is 2.38 bits per heavy atom. The van der Waals surface area contributed by atoms with E-state index in [1.165, 1.54) is 0 Å². The number of carbonyl (C=O) groups is 1. The molecule has 1 unspecified atom stereocenters. The van der Waals surface area contributed by atoms with Crippen molar-refractivity contribution in [2.24, 2.45) is 0 Å². The maximum absolute atomic E-state index is 11.3. The smallest absolute Gasteiger partial charge is 0.221 e. The van der Waals surface area contributed by atoms with E-state index in [1.807, 2.05) is 0 Å². The van der Waals surface area contributed by atoms with Gasteiger partial charge in [0.05, 0.1) is 0 Å². The summed E-state index contributed by atoms with van der Waals surface area (Å²) in [4.78, 5) is 11.3. The molecule has 0 bridgehead atoms. The summed E-state index contributed by atoms with van der Waals surface area (Å²) in [5, 5.41) is 6.32. The second kappa shape index (κ2) is 8.53. The Bertz CT molecular complexity index is 197. The first-order valence-electron chi connectivity index (χ1n) is 6.40. The average Bonchev–Trinajstić information content (AvgIpc) is 2.48. The van der Waals surface area contributed by atoms with E-state index in [1.54, 1.807) is 0 Å². The summed E-state index contributed by atoms with van der Waals surface area (Å²) < 4.78 is 5.40. The first-order valence-corrected chi connectivity index (χ1v) is 6.40. The van der Waals surface area contributed by atoms with Crippen LogP contribution in [0.2, 0.25) is 0 Å². The molecule has 1 atom stereocenters. The molecular formula is C12H24N2O2. The molecule has 0 saturated carbocycles. The maximum atomic E-state index is 11.3. The van der Waals surface area contributed by atoms with Gasteiger partial charge in [-0.15, -0.1) is 0 Å². The second-order valence-electron chi connectivity index (χ2n) is 4.31. The highest BCUT2D eigenvalue weighted by Crippen LogP contribution is 2.05. The van der Waals surface area contributed by atoms with Gasteiger partial charge < -0.3 is 15.4 Å². The lowest BCUT2D eigenvalue weighted by atomic mass is 10.1. The van der Waals surface area contributed by atoms with Crippen LogP contribution in [0.3, 0.4) is 0 Å². The van der Waals surface area contributed by atoms with Crippen LogP contribution >= 0.6 is 0 Å². The van der Waals surface area contributed by atoms with Crippen molar-refractivity contribution in [2.45, 2.75) is 45.1 Å². The predicted octanol–water partition coefficient (Wildman–Crippen LogP) is 1.06. The van der Waals surface area contributed by atoms with Crippen molar-refractivity contribution in [1.29, 1.82) is 0 Å². The van der Waals surface area contributed by atoms with E-state index >= 15 is 0 Å². The van der Waals surface area contributed by atoms with Gasteiger partial charge in [0.25, 0.3) is 0 Å². The summed E-state index contributed by atoms with van der Waals surface area (Å²) in [6.07, 6.45) is 4.90. The Morgan fingerprint density at radius 1 is 1.50 bits per heavy atom. The molecule has 4 heteroatoms. The highest BCUT2D eigenvalue weighted by molar-refractivity contribution is 5.76. The molecule has 0 aromatic heterocycles. The van der Waals surface area contributed by atoms with E-state index in [9.17, 15) is 4.79 Å². The molecular weight excluding hydrogens is 204 g/mol. The van der Waals surface area contributed by atoms with Crippen molar-refractivity contribution in [1.82, 2.24) is 10.6 Å². The number of ether oxygens (including phenoxy) is 1. The van der Waals surface area contributed by atoms with Crippen LogP contribution in [-0.4, -0.2) is 38.3 Å². The predicted molar refractivity (Wildman–Crippen MR) is 64.4 cm³/mol. The normalized spacial score (nSPS) is 21.6. The fraction of sp³-hybridized carbons (Fsp3) is 0.917. The Morgan fingerprint density at radius 3 is 3.19 bits per heavy atom. The van der Waals surface area contributed by atoms with Gasteiger partial charge in [-0.3, -0.25) is 4.79 Å². The minimum Gasteiger partial charge on any atom is -0.381 e. The molecule has 1 aliphatic heterocycles. The highest BCUT2D eigenvalue weighted by Gasteiger charge is 2.15. The van der Waals surface area contributed by atoms with Gasteiger partial charge >= 0.3 is 0 Å². The molecule has 94 valence electrons. The average molecular weight is 228 g/mol. The number of hydrogen-bond donors (Lipinski definition) is 2. The maximum Gasteiger partial charge on any atom is 0.221 e. The number of nitrogens with one attached hydrogen (secondary N) is 2. The van der Waals surface area contributed by atoms with Gasteiger partial charge in [-0.1, -0.05) is 6.92 Å². The second-order valence-corrected chi connectivity index (χ2v) is 4.31. The first kappa shape index (κ1) is 13.5. The molecule has 4 nitrogen and oxygen atoms in total. The highest BCUT2D eigenvalue weighted by atomic mass is 16.5. The van der Waals surface area contributed by atoms with Crippen LogP contribution in [0.5, 0.6) is 0 Å². The van der Waals surface area contributed by atoms with E-state index in [2.05, 4.69) is 17.6 Å². The third kappa shape index (κ3) is 6.08. The van der Waals surface area contributed by atoms with Gasteiger partial charge in [0.15, 0.2) is 0 Å². The quantitative estimate of drug-likeness (QED) is 0.641. The zero-order valence-electron chi connectivity index (χ0n) is 10.3. The molecule has 0 aliphatic carbocycles. The monoisotopic (exact) mass is 228 g/mol. The first-order chi connectivity index (χ1) is 7.83. The molecule has 1 fully saturated rings. The minimum absolute atomic E-state index is 0.178. The van der Waals surface area contributed by atoms with Crippen LogP contribution in [-0.2, 0) is 9.53 Å². The lowest BCUT2D eigenvalue weighted by Crippen LogP contribution is -2.33. The summed E-state index contributed by atoms with van der Waals surface area (Å²) in [6.45, 7) is 5.56. The third-order valence-corrected chi connectivity index (χ3v) is 2.73. The molecule has 1 amide bonds. The fourth-order valence-corrected chi connectivity index (χ4v) is 1.88. The van der Waals surface area contributed by atoms with E-state index in [0.29, 0.717) is 12.5 Å². The van der Waals surface area contributed by atoms with Gasteiger partial charge in [0.1, 0.15) is 0 Å². The molecule has 1 heterocycles. The van der Waals surface area contributed by atoms with Crippen molar-refractivity contribution in [3.05, 3.63) is 0 Å². The van der Waals surface area contributed by atoms with Crippen molar-refractivity contribution in [3.8, 4) is 0 Å². The van der Waals surface area contributed by atoms with Gasteiger partial charge in [-0.2, -0.15) is 0 Å². The Kier molecular flexibility index (Phi) is 7.17. The molecule has 2 N–H and O–H groups in total. The molecule has 0 aromatic rings. The zero-order valence-corrected chi connectivity index (χ0v) is 10.3. The summed E-state index contributed by atoms with van der Waals surface area (Å²) >= 11 is 0. The Hall–Kier alpha value is -0.610. The van der Waals surface area contributed by atoms with Gasteiger partial charge in [-0.25, -0.2) is 0 Å². The standard InChI is InChI=1S/C12H24N2O2/c1-2-8-16-9-4-7-13-11-5-3-6-14-12(15)10-11/h11,13H,2-10H2,1H3,(H,14,15). The summed E-state index contributed by atoms with van der Waals surface area (Å²) in [5.74, 6) is 0.178. The summed E-state index contributed by atoms with van der Waals surface area (Å²) in [6, 6.07) is 0.355. The van der Waals surface area contributed by atoms with Gasteiger partial charge in [0, 0.05) is 32.2 Å². The van der Waals surface area contributed by atoms with E-state index in [4.69, 9.17) is 4.74 Å². The minimum atomic E-state index is 0.178. The molecule has 1 rings (SSSR count). The topological polar surface area (TPSA) is 50.4 Å². The third-order valence-electron chi connectivity index (χ3n) is 2.73. The lowest BCUT2D eigenvalue weighted by Gasteiger charge is -2.14. The van der Waals surface area contributed by atoms with E-state index in [0.717, 1.165) is 52.0 Å². The fourth-order valence-electron chi connectivity index (χ4n) is 1.88. The Balaban J connectivity index is 2.00. The number of hydrogen-bond acceptors (Lipinski definition) is 3. The number of amides is 1. The SMILES string of the molecule is CCCOCCCNC1CCCNC(=O)C1. The van der Waals surface area contributed by atoms with Crippen molar-refractivity contribution < 1.29 is 9.53 Å². The van der Waals surface area contributed by atoms with Crippen molar-refractivity contribution in [3.63, 3.8) is 0 Å². The molecule has 16 heavy (non-hydrogen) atoms. The number of rotatable bonds is 7. The van der Waals surface area contributed by atoms with Gasteiger partial charge in [-0.05, 0) is 32.2 Å². The Labute approximate surface area is 98.1 Å². The zero-order chi connectivity index (χ0) is 11.6. The number of carbonyl (C=O) groups excluding carboxylic acids is 1. The summed E-state index contributed by atoms with van der Waals surface area (Å²) in [5.41, 5.74) is 0. The van der Waals surface area contributed by atoms with E-state index < -0.39 is 0 Å². The van der Waals surface area contributed by atoms with Gasteiger partial charge in [0.2, 0.25) is 5.91 Å². The van der Waals surface area contributed by atoms with Crippen molar-refractivity contribution in [2.75, 3.05) is 26.3 Å². The molecule has 0 aromatic carbocycles. The summed E-state index contributed by atoms with van der Waals surface area (Å²) in [7, 11) is 0. The van der Waals surface area contributed by atoms with Crippen LogP contribution in [0.4, 0.5) is 0 Å². The molecule has 0 radical (unpaired) electrons. The molecule has 1 saturated heterocycles. The van der Waals surface area contributed by atoms with Crippen LogP contribution < -0.4 is 10.6 Å². The molecule has 0 spiro atoms. The van der Waals surface area contributed by atoms with E-state index in [-0.39, 0.29) is 5.91 Å². The lowest BCUT2D eigenvalue weighted by molar-refractivity contribution is -0.121. The van der Waals surface area contributed by atoms with Crippen LogP contribution in [0.15, 0.2) is 0 Å². The van der Waals surface area contributed by atoms with Crippen molar-refractivity contribution >= 4 is 5.91 Å². The largest absolute Gasteiger partial charge is 0.381 e. The van der Waals surface area contributed by atoms with Crippen LogP contribution in [0.1, 0.15) is 39.0 Å². The van der Waals surface area contributed by atoms with Crippen LogP contribution in [0, 0.1) is 0 Å².